The van der Waals surface area contributed by atoms with Gasteiger partial charge in [-0.3, -0.25) is 4.79 Å². The quantitative estimate of drug-likeness (QED) is 0.841. The minimum atomic E-state index is -0.509. The van der Waals surface area contributed by atoms with E-state index in [1.165, 1.54) is 5.56 Å². The maximum Gasteiger partial charge on any atom is 0.410 e. The van der Waals surface area contributed by atoms with Gasteiger partial charge in [0.25, 0.3) is 0 Å². The maximum absolute atomic E-state index is 12.2. The molecule has 4 heteroatoms. The molecule has 1 fully saturated rings. The van der Waals surface area contributed by atoms with Crippen molar-refractivity contribution in [1.82, 2.24) is 4.90 Å². The minimum absolute atomic E-state index is 0.135. The zero-order valence-electron chi connectivity index (χ0n) is 13.9. The molecule has 0 bridgehead atoms. The average molecular weight is 303 g/mol. The van der Waals surface area contributed by atoms with Crippen LogP contribution >= 0.6 is 0 Å². The van der Waals surface area contributed by atoms with Gasteiger partial charge in [0.2, 0.25) is 0 Å². The van der Waals surface area contributed by atoms with E-state index in [0.29, 0.717) is 25.9 Å². The molecule has 4 nitrogen and oxygen atoms in total. The predicted octanol–water partition coefficient (Wildman–Crippen LogP) is 3.36. The molecule has 0 aliphatic carbocycles. The molecule has 0 spiro atoms. The SMILES string of the molecule is Cc1ccc(CC2CN(C(=O)OC(C)(C)C)CCC2=O)cc1. The van der Waals surface area contributed by atoms with Gasteiger partial charge in [-0.25, -0.2) is 4.79 Å². The van der Waals surface area contributed by atoms with Gasteiger partial charge in [-0.05, 0) is 39.7 Å². The Bertz CT molecular complexity index is 542. The molecule has 0 N–H and O–H groups in total. The fourth-order valence-corrected chi connectivity index (χ4v) is 2.59. The molecule has 1 unspecified atom stereocenters. The number of aryl methyl sites for hydroxylation is 1. The number of likely N-dealkylation sites (tertiary alicyclic amines) is 1. The van der Waals surface area contributed by atoms with Crippen LogP contribution in [0.3, 0.4) is 0 Å². The van der Waals surface area contributed by atoms with Gasteiger partial charge in [0.1, 0.15) is 11.4 Å². The molecule has 1 heterocycles. The molecule has 0 saturated carbocycles. The van der Waals surface area contributed by atoms with E-state index in [9.17, 15) is 9.59 Å². The molecule has 1 saturated heterocycles. The van der Waals surface area contributed by atoms with Crippen molar-refractivity contribution >= 4 is 11.9 Å². The van der Waals surface area contributed by atoms with Crippen LogP contribution < -0.4 is 0 Å². The molecule has 1 atom stereocenters. The second-order valence-corrected chi connectivity index (χ2v) is 7.03. The average Bonchev–Trinajstić information content (AvgIpc) is 2.41. The molecule has 2 rings (SSSR count). The number of hydrogen-bond acceptors (Lipinski definition) is 3. The first-order valence-electron chi connectivity index (χ1n) is 7.81. The van der Waals surface area contributed by atoms with Crippen LogP contribution in [0.1, 0.15) is 38.3 Å². The van der Waals surface area contributed by atoms with Crippen molar-refractivity contribution in [3.05, 3.63) is 35.4 Å². The summed E-state index contributed by atoms with van der Waals surface area (Å²) in [5, 5.41) is 0. The van der Waals surface area contributed by atoms with E-state index in [-0.39, 0.29) is 17.8 Å². The van der Waals surface area contributed by atoms with Crippen LogP contribution in [0.5, 0.6) is 0 Å². The summed E-state index contributed by atoms with van der Waals surface area (Å²) in [7, 11) is 0. The Morgan fingerprint density at radius 3 is 2.50 bits per heavy atom. The molecule has 0 radical (unpaired) electrons. The zero-order valence-corrected chi connectivity index (χ0v) is 13.9. The number of nitrogens with zero attached hydrogens (tertiary/aromatic N) is 1. The standard InChI is InChI=1S/C18H25NO3/c1-13-5-7-14(8-6-13)11-15-12-19(10-9-16(15)20)17(21)22-18(2,3)4/h5-8,15H,9-12H2,1-4H3. The highest BCUT2D eigenvalue weighted by Crippen LogP contribution is 2.20. The number of carbonyl (C=O) groups is 2. The van der Waals surface area contributed by atoms with Crippen LogP contribution in [0, 0.1) is 12.8 Å². The maximum atomic E-state index is 12.2. The largest absolute Gasteiger partial charge is 0.444 e. The van der Waals surface area contributed by atoms with E-state index in [1.807, 2.05) is 39.8 Å². The second kappa shape index (κ2) is 6.51. The normalized spacial score (nSPS) is 19.2. The molecule has 0 aromatic heterocycles. The van der Waals surface area contributed by atoms with Gasteiger partial charge < -0.3 is 9.64 Å². The third-order valence-electron chi connectivity index (χ3n) is 3.78. The van der Waals surface area contributed by atoms with Crippen molar-refractivity contribution in [2.24, 2.45) is 5.92 Å². The lowest BCUT2D eigenvalue weighted by Crippen LogP contribution is -2.46. The number of ketones is 1. The van der Waals surface area contributed by atoms with E-state index < -0.39 is 5.60 Å². The fraction of sp³-hybridized carbons (Fsp3) is 0.556. The van der Waals surface area contributed by atoms with Gasteiger partial charge in [0, 0.05) is 25.4 Å². The molecule has 1 aromatic rings. The summed E-state index contributed by atoms with van der Waals surface area (Å²) in [6, 6.07) is 8.20. The van der Waals surface area contributed by atoms with Crippen molar-refractivity contribution in [2.75, 3.05) is 13.1 Å². The summed E-state index contributed by atoms with van der Waals surface area (Å²) in [5.74, 6) is 0.101. The zero-order chi connectivity index (χ0) is 16.3. The summed E-state index contributed by atoms with van der Waals surface area (Å²) in [6.07, 6.45) is 0.766. The molecular weight excluding hydrogens is 278 g/mol. The summed E-state index contributed by atoms with van der Waals surface area (Å²) in [6.45, 7) is 8.50. The Balaban J connectivity index is 2.00. The van der Waals surface area contributed by atoms with Crippen LogP contribution in [0.15, 0.2) is 24.3 Å². The van der Waals surface area contributed by atoms with E-state index in [2.05, 4.69) is 12.1 Å². The van der Waals surface area contributed by atoms with Crippen LogP contribution in [-0.2, 0) is 16.0 Å². The van der Waals surface area contributed by atoms with Crippen LogP contribution in [0.25, 0.3) is 0 Å². The van der Waals surface area contributed by atoms with Crippen molar-refractivity contribution in [1.29, 1.82) is 0 Å². The Hall–Kier alpha value is -1.84. The summed E-state index contributed by atoms with van der Waals surface area (Å²) in [4.78, 5) is 26.0. The Morgan fingerprint density at radius 2 is 1.91 bits per heavy atom. The Kier molecular flexibility index (Phi) is 4.89. The van der Waals surface area contributed by atoms with Crippen molar-refractivity contribution in [3.8, 4) is 0 Å². The van der Waals surface area contributed by atoms with Crippen molar-refractivity contribution < 1.29 is 14.3 Å². The molecule has 1 amide bonds. The van der Waals surface area contributed by atoms with E-state index in [4.69, 9.17) is 4.74 Å². The lowest BCUT2D eigenvalue weighted by Gasteiger charge is -2.33. The molecule has 22 heavy (non-hydrogen) atoms. The number of piperidine rings is 1. The van der Waals surface area contributed by atoms with Gasteiger partial charge >= 0.3 is 6.09 Å². The van der Waals surface area contributed by atoms with Gasteiger partial charge in [-0.15, -0.1) is 0 Å². The number of ether oxygens (including phenoxy) is 1. The summed E-state index contributed by atoms with van der Waals surface area (Å²) in [5.41, 5.74) is 1.83. The fourth-order valence-electron chi connectivity index (χ4n) is 2.59. The smallest absolute Gasteiger partial charge is 0.410 e. The molecular formula is C18H25NO3. The van der Waals surface area contributed by atoms with Gasteiger partial charge in [0.05, 0.1) is 0 Å². The topological polar surface area (TPSA) is 46.6 Å². The van der Waals surface area contributed by atoms with Gasteiger partial charge in [-0.2, -0.15) is 0 Å². The Morgan fingerprint density at radius 1 is 1.27 bits per heavy atom. The molecule has 1 aliphatic rings. The first kappa shape index (κ1) is 16.5. The van der Waals surface area contributed by atoms with Crippen LogP contribution in [0.4, 0.5) is 4.79 Å². The predicted molar refractivity (Wildman–Crippen MR) is 85.8 cm³/mol. The second-order valence-electron chi connectivity index (χ2n) is 7.03. The van der Waals surface area contributed by atoms with Crippen LogP contribution in [-0.4, -0.2) is 35.5 Å². The van der Waals surface area contributed by atoms with E-state index >= 15 is 0 Å². The van der Waals surface area contributed by atoms with Crippen molar-refractivity contribution in [3.63, 3.8) is 0 Å². The number of Topliss-reactive ketones (excluding diaryl/α,β-unsaturated/α-hetero) is 1. The first-order valence-corrected chi connectivity index (χ1v) is 7.81. The molecule has 1 aromatic carbocycles. The van der Waals surface area contributed by atoms with Gasteiger partial charge in [-0.1, -0.05) is 29.8 Å². The van der Waals surface area contributed by atoms with Crippen molar-refractivity contribution in [2.45, 2.75) is 46.1 Å². The highest BCUT2D eigenvalue weighted by molar-refractivity contribution is 5.84. The number of carbonyl (C=O) groups excluding carboxylic acids is 2. The first-order chi connectivity index (χ1) is 10.2. The molecule has 120 valence electrons. The third kappa shape index (κ3) is 4.58. The number of benzene rings is 1. The molecule has 1 aliphatic heterocycles. The Labute approximate surface area is 132 Å². The number of amides is 1. The monoisotopic (exact) mass is 303 g/mol. The van der Waals surface area contributed by atoms with E-state index in [0.717, 1.165) is 5.56 Å². The van der Waals surface area contributed by atoms with Crippen LogP contribution in [0.2, 0.25) is 0 Å². The highest BCUT2D eigenvalue weighted by atomic mass is 16.6. The lowest BCUT2D eigenvalue weighted by molar-refractivity contribution is -0.125. The third-order valence-corrected chi connectivity index (χ3v) is 3.78. The highest BCUT2D eigenvalue weighted by Gasteiger charge is 2.32. The minimum Gasteiger partial charge on any atom is -0.444 e. The summed E-state index contributed by atoms with van der Waals surface area (Å²) < 4.78 is 5.40. The van der Waals surface area contributed by atoms with E-state index in [1.54, 1.807) is 4.90 Å². The number of rotatable bonds is 2. The lowest BCUT2D eigenvalue weighted by atomic mass is 9.90. The number of hydrogen-bond donors (Lipinski definition) is 0. The summed E-state index contributed by atoms with van der Waals surface area (Å²) >= 11 is 0. The van der Waals surface area contributed by atoms with Gasteiger partial charge in [0.15, 0.2) is 0 Å².